The van der Waals surface area contributed by atoms with Crippen molar-refractivity contribution in [1.82, 2.24) is 5.32 Å². The van der Waals surface area contributed by atoms with Gasteiger partial charge in [-0.05, 0) is 11.6 Å². The van der Waals surface area contributed by atoms with E-state index < -0.39 is 18.4 Å². The van der Waals surface area contributed by atoms with Crippen molar-refractivity contribution < 1.29 is 23.5 Å². The van der Waals surface area contributed by atoms with Crippen molar-refractivity contribution >= 4 is 12.4 Å². The summed E-state index contributed by atoms with van der Waals surface area (Å²) in [4.78, 5) is 20.9. The molecule has 0 spiro atoms. The number of carbonyl (C=O) groups is 2. The van der Waals surface area contributed by atoms with Crippen LogP contribution in [0, 0.1) is 0 Å². The molecular formula is C11H11F2NO3. The predicted octanol–water partition coefficient (Wildman–Crippen LogP) is 1.89. The summed E-state index contributed by atoms with van der Waals surface area (Å²) in [6.45, 7) is 0. The van der Waals surface area contributed by atoms with Gasteiger partial charge in [-0.3, -0.25) is 9.59 Å². The van der Waals surface area contributed by atoms with Crippen LogP contribution in [0.1, 0.15) is 30.0 Å². The number of halogens is 2. The van der Waals surface area contributed by atoms with Gasteiger partial charge in [-0.2, -0.15) is 0 Å². The molecular weight excluding hydrogens is 232 g/mol. The number of alkyl halides is 2. The molecule has 0 saturated heterocycles. The largest absolute Gasteiger partial charge is 0.481 e. The molecule has 4 nitrogen and oxygen atoms in total. The van der Waals surface area contributed by atoms with E-state index in [9.17, 15) is 18.4 Å². The number of carboxylic acid groups (broad SMARTS) is 1. The standard InChI is InChI=1S/C11H11F2NO3/c12-11(13)8-3-1-2-7(4-8)9(14-6-15)5-10(16)17/h1-4,6,9,11H,5H2,(H,14,15)(H,16,17)/t9-/m0/s1. The maximum Gasteiger partial charge on any atom is 0.305 e. The van der Waals surface area contributed by atoms with Crippen LogP contribution < -0.4 is 5.32 Å². The van der Waals surface area contributed by atoms with Crippen molar-refractivity contribution in [2.24, 2.45) is 0 Å². The fourth-order valence-electron chi connectivity index (χ4n) is 1.44. The van der Waals surface area contributed by atoms with Crippen molar-refractivity contribution in [2.75, 3.05) is 0 Å². The lowest BCUT2D eigenvalue weighted by Crippen LogP contribution is -2.22. The molecule has 92 valence electrons. The minimum atomic E-state index is -2.63. The molecule has 1 atom stereocenters. The molecule has 1 rings (SSSR count). The number of hydrogen-bond donors (Lipinski definition) is 2. The van der Waals surface area contributed by atoms with E-state index in [2.05, 4.69) is 5.32 Å². The van der Waals surface area contributed by atoms with Crippen molar-refractivity contribution in [3.8, 4) is 0 Å². The molecule has 1 amide bonds. The number of carbonyl (C=O) groups excluding carboxylic acids is 1. The minimum absolute atomic E-state index is 0.203. The van der Waals surface area contributed by atoms with Crippen LogP contribution in [0.25, 0.3) is 0 Å². The molecule has 0 aromatic heterocycles. The van der Waals surface area contributed by atoms with Gasteiger partial charge in [0.1, 0.15) is 0 Å². The van der Waals surface area contributed by atoms with Gasteiger partial charge in [0, 0.05) is 5.56 Å². The Morgan fingerprint density at radius 2 is 2.06 bits per heavy atom. The van der Waals surface area contributed by atoms with Crippen LogP contribution in [0.2, 0.25) is 0 Å². The summed E-state index contributed by atoms with van der Waals surface area (Å²) in [5.74, 6) is -1.12. The molecule has 1 aromatic carbocycles. The summed E-state index contributed by atoms with van der Waals surface area (Å²) in [6.07, 6.45) is -2.63. The third kappa shape index (κ3) is 3.82. The molecule has 6 heteroatoms. The smallest absolute Gasteiger partial charge is 0.305 e. The first-order valence-electron chi connectivity index (χ1n) is 4.84. The van der Waals surface area contributed by atoms with Crippen LogP contribution in [0.5, 0.6) is 0 Å². The van der Waals surface area contributed by atoms with Crippen LogP contribution in [0.3, 0.4) is 0 Å². The third-order valence-corrected chi connectivity index (χ3v) is 2.21. The molecule has 17 heavy (non-hydrogen) atoms. The van der Waals surface area contributed by atoms with Gasteiger partial charge in [-0.1, -0.05) is 18.2 Å². The predicted molar refractivity (Wildman–Crippen MR) is 55.6 cm³/mol. The molecule has 0 fully saturated rings. The molecule has 0 aliphatic rings. The highest BCUT2D eigenvalue weighted by atomic mass is 19.3. The fourth-order valence-corrected chi connectivity index (χ4v) is 1.44. The second-order valence-corrected chi connectivity index (χ2v) is 3.41. The van der Waals surface area contributed by atoms with E-state index in [-0.39, 0.29) is 12.0 Å². The molecule has 2 N–H and O–H groups in total. The first-order chi connectivity index (χ1) is 8.04. The molecule has 0 aliphatic carbocycles. The van der Waals surface area contributed by atoms with E-state index >= 15 is 0 Å². The first-order valence-corrected chi connectivity index (χ1v) is 4.84. The van der Waals surface area contributed by atoms with Crippen molar-refractivity contribution in [2.45, 2.75) is 18.9 Å². The van der Waals surface area contributed by atoms with Gasteiger partial charge >= 0.3 is 5.97 Å². The highest BCUT2D eigenvalue weighted by Gasteiger charge is 2.16. The van der Waals surface area contributed by atoms with Crippen LogP contribution in [-0.4, -0.2) is 17.5 Å². The minimum Gasteiger partial charge on any atom is -0.481 e. The summed E-state index contributed by atoms with van der Waals surface area (Å²) in [5, 5.41) is 10.9. The number of carboxylic acids is 1. The number of benzene rings is 1. The summed E-state index contributed by atoms with van der Waals surface area (Å²) in [6, 6.07) is 4.53. The van der Waals surface area contributed by atoms with Crippen LogP contribution in [0.4, 0.5) is 8.78 Å². The molecule has 0 aliphatic heterocycles. The van der Waals surface area contributed by atoms with Crippen LogP contribution in [-0.2, 0) is 9.59 Å². The van der Waals surface area contributed by atoms with Crippen LogP contribution >= 0.6 is 0 Å². The molecule has 0 radical (unpaired) electrons. The Labute approximate surface area is 96.3 Å². The Kier molecular flexibility index (Phi) is 4.56. The number of hydrogen-bond acceptors (Lipinski definition) is 2. The van der Waals surface area contributed by atoms with Gasteiger partial charge in [0.15, 0.2) is 0 Å². The molecule has 0 heterocycles. The van der Waals surface area contributed by atoms with E-state index in [1.165, 1.54) is 24.3 Å². The maximum absolute atomic E-state index is 12.5. The highest BCUT2D eigenvalue weighted by molar-refractivity contribution is 5.68. The van der Waals surface area contributed by atoms with Crippen LogP contribution in [0.15, 0.2) is 24.3 Å². The number of aliphatic carboxylic acids is 1. The zero-order valence-electron chi connectivity index (χ0n) is 8.77. The number of nitrogens with one attached hydrogen (secondary N) is 1. The van der Waals surface area contributed by atoms with Gasteiger partial charge in [0.25, 0.3) is 6.43 Å². The van der Waals surface area contributed by atoms with Gasteiger partial charge in [0.2, 0.25) is 6.41 Å². The fraction of sp³-hybridized carbons (Fsp3) is 0.273. The molecule has 0 bridgehead atoms. The van der Waals surface area contributed by atoms with Crippen molar-refractivity contribution in [3.05, 3.63) is 35.4 Å². The Balaban J connectivity index is 2.96. The maximum atomic E-state index is 12.5. The third-order valence-electron chi connectivity index (χ3n) is 2.21. The Bertz CT molecular complexity index is 409. The second-order valence-electron chi connectivity index (χ2n) is 3.41. The SMILES string of the molecule is O=CN[C@@H](CC(=O)O)c1cccc(C(F)F)c1. The van der Waals surface area contributed by atoms with E-state index in [1.807, 2.05) is 0 Å². The Hall–Kier alpha value is -1.98. The lowest BCUT2D eigenvalue weighted by Gasteiger charge is -2.15. The summed E-state index contributed by atoms with van der Waals surface area (Å²) < 4.78 is 24.9. The molecule has 0 unspecified atom stereocenters. The first kappa shape index (κ1) is 13.1. The second kappa shape index (κ2) is 5.93. The average Bonchev–Trinajstić information content (AvgIpc) is 2.28. The zero-order valence-corrected chi connectivity index (χ0v) is 8.77. The lowest BCUT2D eigenvalue weighted by molar-refractivity contribution is -0.137. The van der Waals surface area contributed by atoms with Crippen molar-refractivity contribution in [3.63, 3.8) is 0 Å². The Morgan fingerprint density at radius 3 is 2.59 bits per heavy atom. The van der Waals surface area contributed by atoms with E-state index in [0.29, 0.717) is 12.0 Å². The number of amides is 1. The Morgan fingerprint density at radius 1 is 1.41 bits per heavy atom. The van der Waals surface area contributed by atoms with Gasteiger partial charge in [-0.25, -0.2) is 8.78 Å². The van der Waals surface area contributed by atoms with E-state index in [4.69, 9.17) is 5.11 Å². The molecule has 0 saturated carbocycles. The topological polar surface area (TPSA) is 66.4 Å². The average molecular weight is 243 g/mol. The van der Waals surface area contributed by atoms with E-state index in [1.54, 1.807) is 0 Å². The van der Waals surface area contributed by atoms with Gasteiger partial charge in [-0.15, -0.1) is 0 Å². The monoisotopic (exact) mass is 243 g/mol. The van der Waals surface area contributed by atoms with E-state index in [0.717, 1.165) is 0 Å². The zero-order chi connectivity index (χ0) is 12.8. The number of rotatable bonds is 6. The van der Waals surface area contributed by atoms with Gasteiger partial charge < -0.3 is 10.4 Å². The normalized spacial score (nSPS) is 12.2. The van der Waals surface area contributed by atoms with Crippen molar-refractivity contribution in [1.29, 1.82) is 0 Å². The highest BCUT2D eigenvalue weighted by Crippen LogP contribution is 2.23. The summed E-state index contributed by atoms with van der Waals surface area (Å²) in [5.41, 5.74) is 0.142. The summed E-state index contributed by atoms with van der Waals surface area (Å²) in [7, 11) is 0. The summed E-state index contributed by atoms with van der Waals surface area (Å²) >= 11 is 0. The quantitative estimate of drug-likeness (QED) is 0.750. The van der Waals surface area contributed by atoms with Gasteiger partial charge in [0.05, 0.1) is 12.5 Å². The molecule has 1 aromatic rings. The lowest BCUT2D eigenvalue weighted by atomic mass is 10.0.